The maximum Gasteiger partial charge on any atom is 0.287 e. The van der Waals surface area contributed by atoms with Gasteiger partial charge in [0.25, 0.3) is 12.7 Å². The van der Waals surface area contributed by atoms with E-state index in [1.807, 2.05) is 0 Å². The van der Waals surface area contributed by atoms with Crippen LogP contribution in [0.1, 0.15) is 54.2 Å². The lowest BCUT2D eigenvalue weighted by Crippen LogP contribution is -2.44. The molecule has 6 heterocycles. The Hall–Kier alpha value is -1.80. The zero-order chi connectivity index (χ0) is 32.5. The molecule has 19 heteroatoms. The van der Waals surface area contributed by atoms with Gasteiger partial charge in [-0.3, -0.25) is 24.5 Å². The van der Waals surface area contributed by atoms with Crippen LogP contribution in [0.3, 0.4) is 0 Å². The van der Waals surface area contributed by atoms with Crippen LogP contribution in [0.2, 0.25) is 0 Å². The minimum Gasteiger partial charge on any atom is -0.459 e. The molecule has 4 aliphatic heterocycles. The number of nitrogens with one attached hydrogen (secondary N) is 2. The van der Waals surface area contributed by atoms with Crippen molar-refractivity contribution in [2.45, 2.75) is 109 Å². The number of imidazole rings is 1. The number of nitrogens with zero attached hydrogens (tertiary/aromatic N) is 3. The number of aromatic nitrogens is 4. The van der Waals surface area contributed by atoms with E-state index in [2.05, 4.69) is 20.3 Å². The van der Waals surface area contributed by atoms with Gasteiger partial charge in [-0.1, -0.05) is 13.8 Å². The van der Waals surface area contributed by atoms with Crippen molar-refractivity contribution in [3.05, 3.63) is 16.7 Å². The van der Waals surface area contributed by atoms with Gasteiger partial charge in [0, 0.05) is 12.3 Å². The zero-order valence-electron chi connectivity index (χ0n) is 25.6. The van der Waals surface area contributed by atoms with Crippen molar-refractivity contribution in [3.63, 3.8) is 0 Å². The third-order valence-corrected chi connectivity index (χ3v) is 9.35. The van der Waals surface area contributed by atoms with Gasteiger partial charge in [0.1, 0.15) is 37.3 Å². The molecule has 4 fully saturated rings. The average molecular weight is 676 g/mol. The molecule has 17 nitrogen and oxygen atoms in total. The Labute approximate surface area is 263 Å². The second-order valence-corrected chi connectivity index (χ2v) is 15.4. The summed E-state index contributed by atoms with van der Waals surface area (Å²) in [5.74, 6) is -2.50. The van der Waals surface area contributed by atoms with E-state index in [1.165, 1.54) is 10.9 Å². The quantitative estimate of drug-likeness (QED) is 0.216. The molecule has 0 aromatic carbocycles. The maximum atomic E-state index is 12.6. The summed E-state index contributed by atoms with van der Waals surface area (Å²) >= 11 is 5.36. The van der Waals surface area contributed by atoms with Crippen molar-refractivity contribution >= 4 is 42.4 Å². The van der Waals surface area contributed by atoms with Crippen molar-refractivity contribution in [3.8, 4) is 0 Å². The Kier molecular flexibility index (Phi) is 8.84. The molecule has 9 atom stereocenters. The Balaban J connectivity index is 1.12. The highest BCUT2D eigenvalue weighted by Crippen LogP contribution is 2.59. The van der Waals surface area contributed by atoms with Crippen LogP contribution in [-0.4, -0.2) is 103 Å². The second-order valence-electron chi connectivity index (χ2n) is 12.6. The van der Waals surface area contributed by atoms with Crippen LogP contribution in [0.5, 0.6) is 0 Å². The fourth-order valence-electron chi connectivity index (χ4n) is 5.65. The van der Waals surface area contributed by atoms with Gasteiger partial charge in [-0.15, -0.1) is 0 Å². The molecule has 2 aromatic heterocycles. The van der Waals surface area contributed by atoms with Crippen LogP contribution in [-0.2, 0) is 54.5 Å². The minimum atomic E-state index is -3.96. The number of aliphatic hydroxyl groups is 1. The zero-order valence-corrected chi connectivity index (χ0v) is 27.3. The van der Waals surface area contributed by atoms with Crippen molar-refractivity contribution in [1.82, 2.24) is 19.5 Å². The second kappa shape index (κ2) is 12.0. The highest BCUT2D eigenvalue weighted by molar-refractivity contribution is 8.35. The lowest BCUT2D eigenvalue weighted by atomic mass is 10.1. The van der Waals surface area contributed by atoms with Gasteiger partial charge >= 0.3 is 0 Å². The summed E-state index contributed by atoms with van der Waals surface area (Å²) in [4.78, 5) is 46.8. The van der Waals surface area contributed by atoms with Gasteiger partial charge < -0.3 is 45.8 Å². The molecule has 250 valence electrons. The highest BCUT2D eigenvalue weighted by Gasteiger charge is 2.61. The van der Waals surface area contributed by atoms with Gasteiger partial charge in [-0.05, 0) is 27.7 Å². The Morgan fingerprint density at radius 3 is 2.67 bits per heavy atom. The van der Waals surface area contributed by atoms with E-state index in [9.17, 15) is 19.6 Å². The fourth-order valence-corrected chi connectivity index (χ4v) is 7.07. The van der Waals surface area contributed by atoms with Crippen LogP contribution >= 0.6 is 7.15 Å². The van der Waals surface area contributed by atoms with Crippen LogP contribution in [0.15, 0.2) is 11.1 Å². The molecular formula is C26H38N5O12PS. The topological polar surface area (TPSA) is 207 Å². The molecule has 0 spiro atoms. The third-order valence-electron chi connectivity index (χ3n) is 7.79. The number of anilines is 1. The third kappa shape index (κ3) is 6.93. The van der Waals surface area contributed by atoms with Gasteiger partial charge in [-0.25, -0.2) is 9.88 Å². The predicted octanol–water partition coefficient (Wildman–Crippen LogP) is 1.01. The van der Waals surface area contributed by atoms with Crippen LogP contribution < -0.4 is 10.9 Å². The number of rotatable bonds is 9. The number of carbonyl (C=O) groups excluding carboxylic acids is 1. The Morgan fingerprint density at radius 1 is 1.22 bits per heavy atom. The molecule has 0 bridgehead atoms. The molecule has 4 N–H and O–H groups in total. The number of hydrogen-bond acceptors (Lipinski definition) is 15. The summed E-state index contributed by atoms with van der Waals surface area (Å²) in [6.45, 7) is 10.3. The molecule has 2 aromatic rings. The number of carbonyl (C=O) groups is 1. The van der Waals surface area contributed by atoms with Crippen LogP contribution in [0.25, 0.3) is 11.2 Å². The van der Waals surface area contributed by atoms with Gasteiger partial charge in [0.05, 0.1) is 19.0 Å². The summed E-state index contributed by atoms with van der Waals surface area (Å²) < 4.78 is 48.8. The minimum absolute atomic E-state index is 0.0301. The standard InChI is InChI=1S/C26H38N5O12PS/c1-11(2)21(33)29-24-28-20-16(22(34)30-24)27-10-31(20)15-7-12(32)13(38-15)9-37-44(35,45)43-18-17(14-8-36-25(3,4)40-14)39-23-19(18)41-26(5,6)42-23/h10-15,17-19,23,32H,7-9H2,1-6H3,(H,35,45)(H2,28,29,30,33,34)/t12-,13+,14+,15+,17+,18-,19+,23+,44?/m0/s1. The molecule has 4 saturated heterocycles. The molecule has 6 rings (SSSR count). The smallest absolute Gasteiger partial charge is 0.287 e. The Morgan fingerprint density at radius 2 is 1.98 bits per heavy atom. The molecular weight excluding hydrogens is 637 g/mol. The lowest BCUT2D eigenvalue weighted by molar-refractivity contribution is -0.231. The van der Waals surface area contributed by atoms with Crippen LogP contribution in [0, 0.1) is 5.92 Å². The maximum absolute atomic E-state index is 12.6. The molecule has 4 aliphatic rings. The summed E-state index contributed by atoms with van der Waals surface area (Å²) in [6.07, 6.45) is -5.01. The molecule has 1 amide bonds. The first-order valence-corrected chi connectivity index (χ1v) is 17.2. The number of aromatic amines is 1. The number of ether oxygens (including phenoxy) is 6. The summed E-state index contributed by atoms with van der Waals surface area (Å²) in [5.41, 5.74) is -0.372. The number of amides is 1. The van der Waals surface area contributed by atoms with E-state index in [0.29, 0.717) is 0 Å². The van der Waals surface area contributed by atoms with Crippen LogP contribution in [0.4, 0.5) is 5.95 Å². The highest BCUT2D eigenvalue weighted by atomic mass is 32.7. The average Bonchev–Trinajstić information content (AvgIpc) is 3.72. The first-order chi connectivity index (χ1) is 21.0. The van der Waals surface area contributed by atoms with E-state index in [0.717, 1.165) is 0 Å². The van der Waals surface area contributed by atoms with Gasteiger partial charge in [-0.2, -0.15) is 14.0 Å². The predicted molar refractivity (Wildman–Crippen MR) is 157 cm³/mol. The summed E-state index contributed by atoms with van der Waals surface area (Å²) in [7, 11) is -3.96. The Bertz CT molecular complexity index is 1490. The number of hydrogen-bond donors (Lipinski definition) is 4. The van der Waals surface area contributed by atoms with E-state index >= 15 is 0 Å². The molecule has 0 saturated carbocycles. The number of aliphatic hydroxyl groups excluding tert-OH is 1. The van der Waals surface area contributed by atoms with Gasteiger partial charge in [0.15, 0.2) is 35.1 Å². The lowest BCUT2D eigenvalue weighted by Gasteiger charge is -2.32. The van der Waals surface area contributed by atoms with E-state index in [4.69, 9.17) is 49.7 Å². The van der Waals surface area contributed by atoms with Crippen molar-refractivity contribution in [1.29, 1.82) is 0 Å². The summed E-state index contributed by atoms with van der Waals surface area (Å²) in [5, 5.41) is 13.4. The van der Waals surface area contributed by atoms with E-state index in [-0.39, 0.29) is 48.6 Å². The largest absolute Gasteiger partial charge is 0.459 e. The van der Waals surface area contributed by atoms with Crippen molar-refractivity contribution < 1.29 is 52.3 Å². The molecule has 0 radical (unpaired) electrons. The van der Waals surface area contributed by atoms with Crippen molar-refractivity contribution in [2.24, 2.45) is 5.92 Å². The van der Waals surface area contributed by atoms with E-state index < -0.39 is 73.4 Å². The van der Waals surface area contributed by atoms with Gasteiger partial charge in [0.2, 0.25) is 11.9 Å². The first-order valence-electron chi connectivity index (χ1n) is 14.6. The van der Waals surface area contributed by atoms with Crippen molar-refractivity contribution in [2.75, 3.05) is 18.5 Å². The van der Waals surface area contributed by atoms with E-state index in [1.54, 1.807) is 41.5 Å². The SMILES string of the molecule is CC(C)C(=O)Nc1nc2c(ncn2[C@H]2C[C@H](O)[C@@H](CO[P+](O)([S-])O[C@@H]3[C@H]4OC(C)(C)O[C@H]4O[C@@H]3[C@H]3COC(C)(C)O3)O2)c(=O)[nH]1. The monoisotopic (exact) mass is 675 g/mol. The normalized spacial score (nSPS) is 35.2. The molecule has 1 unspecified atom stereocenters. The number of fused-ring (bicyclic) bond motifs is 2. The number of H-pyrrole nitrogens is 1. The molecule has 0 aliphatic carbocycles. The summed E-state index contributed by atoms with van der Waals surface area (Å²) in [6, 6.07) is 0. The fraction of sp³-hybridized carbons (Fsp3) is 0.769. The first kappa shape index (κ1) is 33.1. The molecule has 45 heavy (non-hydrogen) atoms.